The van der Waals surface area contributed by atoms with Crippen molar-refractivity contribution in [3.05, 3.63) is 72.3 Å². The quantitative estimate of drug-likeness (QED) is 0.746. The Morgan fingerprint density at radius 1 is 1.19 bits per heavy atom. The van der Waals surface area contributed by atoms with Crippen molar-refractivity contribution in [3.63, 3.8) is 0 Å². The van der Waals surface area contributed by atoms with Crippen molar-refractivity contribution in [1.29, 1.82) is 0 Å². The smallest absolute Gasteiger partial charge is 0.251 e. The van der Waals surface area contributed by atoms with Gasteiger partial charge in [0.05, 0.1) is 10.9 Å². The number of rotatable bonds is 6. The molecular formula is C19H20N2O3S2. The molecule has 26 heavy (non-hydrogen) atoms. The number of hydrogen-bond donors (Lipinski definition) is 2. The number of thioether (sulfide) groups is 1. The summed E-state index contributed by atoms with van der Waals surface area (Å²) in [5.74, 6) is 0.744. The van der Waals surface area contributed by atoms with Gasteiger partial charge in [0.1, 0.15) is 0 Å². The van der Waals surface area contributed by atoms with Gasteiger partial charge in [-0.2, -0.15) is 0 Å². The molecule has 1 aliphatic heterocycles. The van der Waals surface area contributed by atoms with Gasteiger partial charge in [-0.25, -0.2) is 13.1 Å². The Morgan fingerprint density at radius 2 is 1.92 bits per heavy atom. The van der Waals surface area contributed by atoms with Crippen molar-refractivity contribution in [2.24, 2.45) is 0 Å². The molecule has 1 amide bonds. The largest absolute Gasteiger partial charge is 0.345 e. The Kier molecular flexibility index (Phi) is 5.80. The van der Waals surface area contributed by atoms with E-state index in [1.165, 1.54) is 35.2 Å². The Balaban J connectivity index is 1.73. The second-order valence-electron chi connectivity index (χ2n) is 5.87. The number of carbonyl (C=O) groups excluding carboxylic acids is 1. The second-order valence-corrected chi connectivity index (χ2v) is 8.77. The van der Waals surface area contributed by atoms with Gasteiger partial charge in [0, 0.05) is 22.8 Å². The number of carbonyl (C=O) groups is 1. The standard InChI is InChI=1S/C19H20N2O3S2/c1-2-12-20-26(23,24)15-9-7-14(8-10-15)19(22)21-17-11-13-25-18-6-4-3-5-16(17)18/h2-10,17,20H,1,11-13H2,(H,21,22)/t17-/m1/s1. The van der Waals surface area contributed by atoms with Crippen molar-refractivity contribution >= 4 is 27.7 Å². The number of benzene rings is 2. The van der Waals surface area contributed by atoms with E-state index in [0.717, 1.165) is 17.7 Å². The lowest BCUT2D eigenvalue weighted by molar-refractivity contribution is 0.0935. The third kappa shape index (κ3) is 4.17. The van der Waals surface area contributed by atoms with Crippen LogP contribution in [-0.2, 0) is 10.0 Å². The maximum atomic E-state index is 12.6. The van der Waals surface area contributed by atoms with Crippen LogP contribution in [0.5, 0.6) is 0 Å². The predicted octanol–water partition coefficient (Wildman–Crippen LogP) is 3.12. The van der Waals surface area contributed by atoms with Gasteiger partial charge in [-0.05, 0) is 42.3 Å². The molecule has 1 aliphatic rings. The van der Waals surface area contributed by atoms with Crippen LogP contribution in [0.25, 0.3) is 0 Å². The highest BCUT2D eigenvalue weighted by Gasteiger charge is 2.22. The van der Waals surface area contributed by atoms with Gasteiger partial charge in [0.15, 0.2) is 0 Å². The molecule has 3 rings (SSSR count). The minimum Gasteiger partial charge on any atom is -0.345 e. The summed E-state index contributed by atoms with van der Waals surface area (Å²) < 4.78 is 26.5. The van der Waals surface area contributed by atoms with E-state index in [0.29, 0.717) is 5.56 Å². The van der Waals surface area contributed by atoms with Crippen molar-refractivity contribution in [1.82, 2.24) is 10.0 Å². The van der Waals surface area contributed by atoms with Crippen LogP contribution in [0.4, 0.5) is 0 Å². The number of fused-ring (bicyclic) bond motifs is 1. The average Bonchev–Trinajstić information content (AvgIpc) is 2.67. The molecular weight excluding hydrogens is 368 g/mol. The van der Waals surface area contributed by atoms with Crippen molar-refractivity contribution in [3.8, 4) is 0 Å². The van der Waals surface area contributed by atoms with E-state index in [4.69, 9.17) is 0 Å². The first kappa shape index (κ1) is 18.7. The van der Waals surface area contributed by atoms with E-state index in [1.54, 1.807) is 11.8 Å². The van der Waals surface area contributed by atoms with Gasteiger partial charge >= 0.3 is 0 Å². The topological polar surface area (TPSA) is 75.3 Å². The lowest BCUT2D eigenvalue weighted by atomic mass is 10.0. The van der Waals surface area contributed by atoms with Gasteiger partial charge < -0.3 is 5.32 Å². The SMILES string of the molecule is C=CCNS(=O)(=O)c1ccc(C(=O)N[C@@H]2CCSc3ccccc32)cc1. The van der Waals surface area contributed by atoms with Crippen LogP contribution in [0.3, 0.4) is 0 Å². The summed E-state index contributed by atoms with van der Waals surface area (Å²) in [6.07, 6.45) is 2.34. The van der Waals surface area contributed by atoms with E-state index < -0.39 is 10.0 Å². The molecule has 1 heterocycles. The molecule has 2 aromatic rings. The fraction of sp³-hybridized carbons (Fsp3) is 0.211. The molecule has 0 bridgehead atoms. The van der Waals surface area contributed by atoms with Gasteiger partial charge in [-0.3, -0.25) is 4.79 Å². The summed E-state index contributed by atoms with van der Waals surface area (Å²) >= 11 is 1.79. The summed E-state index contributed by atoms with van der Waals surface area (Å²) in [5.41, 5.74) is 1.56. The van der Waals surface area contributed by atoms with Gasteiger partial charge in [0.25, 0.3) is 5.91 Å². The summed E-state index contributed by atoms with van der Waals surface area (Å²) in [6, 6.07) is 14.0. The molecule has 1 atom stereocenters. The first-order chi connectivity index (χ1) is 12.5. The first-order valence-corrected chi connectivity index (χ1v) is 10.7. The van der Waals surface area contributed by atoms with Crippen LogP contribution < -0.4 is 10.0 Å². The number of nitrogens with one attached hydrogen (secondary N) is 2. The Hall–Kier alpha value is -2.09. The molecule has 2 N–H and O–H groups in total. The lowest BCUT2D eigenvalue weighted by Gasteiger charge is -2.25. The number of hydrogen-bond acceptors (Lipinski definition) is 4. The molecule has 5 nitrogen and oxygen atoms in total. The van der Waals surface area contributed by atoms with Crippen molar-refractivity contribution < 1.29 is 13.2 Å². The zero-order chi connectivity index (χ0) is 18.6. The van der Waals surface area contributed by atoms with Crippen molar-refractivity contribution in [2.45, 2.75) is 22.3 Å². The third-order valence-electron chi connectivity index (χ3n) is 4.11. The highest BCUT2D eigenvalue weighted by atomic mass is 32.2. The maximum Gasteiger partial charge on any atom is 0.251 e. The van der Waals surface area contributed by atoms with Crippen LogP contribution in [0, 0.1) is 0 Å². The third-order valence-corrected chi connectivity index (χ3v) is 6.67. The van der Waals surface area contributed by atoms with E-state index in [-0.39, 0.29) is 23.4 Å². The summed E-state index contributed by atoms with van der Waals surface area (Å²) in [4.78, 5) is 13.9. The van der Waals surface area contributed by atoms with Crippen molar-refractivity contribution in [2.75, 3.05) is 12.3 Å². The van der Waals surface area contributed by atoms with Crippen LogP contribution in [-0.4, -0.2) is 26.6 Å². The molecule has 136 valence electrons. The Labute approximate surface area is 157 Å². The van der Waals surface area contributed by atoms with E-state index in [2.05, 4.69) is 22.7 Å². The number of amides is 1. The fourth-order valence-electron chi connectivity index (χ4n) is 2.77. The zero-order valence-electron chi connectivity index (χ0n) is 14.1. The van der Waals surface area contributed by atoms with Gasteiger partial charge in [0.2, 0.25) is 10.0 Å². The highest BCUT2D eigenvalue weighted by molar-refractivity contribution is 7.99. The highest BCUT2D eigenvalue weighted by Crippen LogP contribution is 2.35. The summed E-state index contributed by atoms with van der Waals surface area (Å²) in [6.45, 7) is 3.64. The monoisotopic (exact) mass is 388 g/mol. The maximum absolute atomic E-state index is 12.6. The molecule has 0 saturated heterocycles. The van der Waals surface area contributed by atoms with Crippen LogP contribution >= 0.6 is 11.8 Å². The zero-order valence-corrected chi connectivity index (χ0v) is 15.8. The predicted molar refractivity (Wildman–Crippen MR) is 104 cm³/mol. The second kappa shape index (κ2) is 8.07. The molecule has 7 heteroatoms. The molecule has 0 radical (unpaired) electrons. The van der Waals surface area contributed by atoms with E-state index in [1.807, 2.05) is 18.2 Å². The molecule has 0 aromatic heterocycles. The fourth-order valence-corrected chi connectivity index (χ4v) is 4.89. The Bertz CT molecular complexity index is 909. The normalized spacial score (nSPS) is 16.5. The molecule has 0 fully saturated rings. The summed E-state index contributed by atoms with van der Waals surface area (Å²) in [7, 11) is -3.59. The van der Waals surface area contributed by atoms with Crippen LogP contribution in [0.2, 0.25) is 0 Å². The number of sulfonamides is 1. The average molecular weight is 389 g/mol. The summed E-state index contributed by atoms with van der Waals surface area (Å²) in [5, 5.41) is 3.05. The lowest BCUT2D eigenvalue weighted by Crippen LogP contribution is -2.30. The van der Waals surface area contributed by atoms with Crippen LogP contribution in [0.1, 0.15) is 28.4 Å². The molecule has 0 spiro atoms. The molecule has 0 saturated carbocycles. The van der Waals surface area contributed by atoms with E-state index in [9.17, 15) is 13.2 Å². The minimum atomic E-state index is -3.59. The van der Waals surface area contributed by atoms with E-state index >= 15 is 0 Å². The van der Waals surface area contributed by atoms with Crippen LogP contribution in [0.15, 0.2) is 71.0 Å². The molecule has 0 aliphatic carbocycles. The minimum absolute atomic E-state index is 0.0300. The Morgan fingerprint density at radius 3 is 2.65 bits per heavy atom. The molecule has 0 unspecified atom stereocenters. The first-order valence-electron chi connectivity index (χ1n) is 8.24. The van der Waals surface area contributed by atoms with Gasteiger partial charge in [-0.15, -0.1) is 18.3 Å². The molecule has 2 aromatic carbocycles. The van der Waals surface area contributed by atoms with Gasteiger partial charge in [-0.1, -0.05) is 24.3 Å².